The van der Waals surface area contributed by atoms with E-state index in [1.165, 1.54) is 25.8 Å². The molecule has 5 heteroatoms. The molecular weight excluding hydrogens is 302 g/mol. The van der Waals surface area contributed by atoms with Crippen LogP contribution in [0.4, 0.5) is 5.69 Å². The number of anilines is 1. The Hall–Kier alpha value is -2.14. The fourth-order valence-corrected chi connectivity index (χ4v) is 3.55. The Morgan fingerprint density at radius 3 is 2.96 bits per heavy atom. The molecule has 0 spiro atoms. The van der Waals surface area contributed by atoms with E-state index in [1.807, 2.05) is 24.3 Å². The fraction of sp³-hybridized carbons (Fsp3) is 0.474. The zero-order valence-electron chi connectivity index (χ0n) is 14.2. The van der Waals surface area contributed by atoms with Gasteiger partial charge in [-0.05, 0) is 38.8 Å². The Kier molecular flexibility index (Phi) is 5.30. The van der Waals surface area contributed by atoms with Crippen molar-refractivity contribution < 1.29 is 4.79 Å². The second kappa shape index (κ2) is 7.62. The third-order valence-electron chi connectivity index (χ3n) is 4.94. The van der Waals surface area contributed by atoms with Crippen LogP contribution in [0.25, 0.3) is 10.9 Å². The third-order valence-corrected chi connectivity index (χ3v) is 4.94. The number of aldehydes is 1. The van der Waals surface area contributed by atoms with Crippen molar-refractivity contribution in [1.29, 1.82) is 0 Å². The van der Waals surface area contributed by atoms with Gasteiger partial charge in [-0.3, -0.25) is 9.59 Å². The number of likely N-dealkylation sites (tertiary alicyclic amines) is 1. The van der Waals surface area contributed by atoms with Gasteiger partial charge in [-0.1, -0.05) is 24.6 Å². The number of fused-ring (bicyclic) bond motifs is 1. The van der Waals surface area contributed by atoms with Gasteiger partial charge in [-0.15, -0.1) is 0 Å². The lowest BCUT2D eigenvalue weighted by molar-refractivity contribution is 0.112. The SMILES string of the molecule is C[C@@H]1CCCCN1CCCNc1c(C=O)c(=O)[nH]c2ccccc12. The van der Waals surface area contributed by atoms with Gasteiger partial charge in [0.05, 0.1) is 11.2 Å². The van der Waals surface area contributed by atoms with Crippen molar-refractivity contribution in [3.05, 3.63) is 40.2 Å². The molecule has 0 saturated carbocycles. The number of nitrogens with one attached hydrogen (secondary N) is 2. The van der Waals surface area contributed by atoms with Gasteiger partial charge in [-0.25, -0.2) is 0 Å². The highest BCUT2D eigenvalue weighted by Crippen LogP contribution is 2.23. The quantitative estimate of drug-likeness (QED) is 0.632. The number of nitrogens with zero attached hydrogens (tertiary/aromatic N) is 1. The standard InChI is InChI=1S/C19H25N3O2/c1-14-7-4-5-11-22(14)12-6-10-20-18-15-8-2-3-9-17(15)21-19(24)16(18)13-23/h2-3,8-9,13-14H,4-7,10-12H2,1H3,(H2,20,21,24)/t14-/m1/s1. The van der Waals surface area contributed by atoms with Crippen LogP contribution < -0.4 is 10.9 Å². The number of benzene rings is 1. The van der Waals surface area contributed by atoms with E-state index in [9.17, 15) is 9.59 Å². The van der Waals surface area contributed by atoms with Gasteiger partial charge < -0.3 is 15.2 Å². The molecule has 1 saturated heterocycles. The monoisotopic (exact) mass is 327 g/mol. The number of rotatable bonds is 6. The van der Waals surface area contributed by atoms with Crippen LogP contribution in [0, 0.1) is 0 Å². The molecule has 0 aliphatic carbocycles. The van der Waals surface area contributed by atoms with Crippen LogP contribution in [0.5, 0.6) is 0 Å². The summed E-state index contributed by atoms with van der Waals surface area (Å²) in [5, 5.41) is 4.20. The smallest absolute Gasteiger partial charge is 0.261 e. The second-order valence-corrected chi connectivity index (χ2v) is 6.57. The van der Waals surface area contributed by atoms with Gasteiger partial charge in [0.15, 0.2) is 6.29 Å². The van der Waals surface area contributed by atoms with Crippen LogP contribution >= 0.6 is 0 Å². The van der Waals surface area contributed by atoms with Crippen LogP contribution in [0.15, 0.2) is 29.1 Å². The number of carbonyl (C=O) groups is 1. The molecule has 0 unspecified atom stereocenters. The largest absolute Gasteiger partial charge is 0.384 e. The first kappa shape index (κ1) is 16.7. The van der Waals surface area contributed by atoms with E-state index in [1.54, 1.807) is 0 Å². The molecule has 2 N–H and O–H groups in total. The summed E-state index contributed by atoms with van der Waals surface area (Å²) in [5.41, 5.74) is 1.24. The molecule has 24 heavy (non-hydrogen) atoms. The maximum absolute atomic E-state index is 12.1. The number of carbonyl (C=O) groups excluding carboxylic acids is 1. The molecule has 128 valence electrons. The predicted octanol–water partition coefficient (Wildman–Crippen LogP) is 3.02. The maximum Gasteiger partial charge on any atom is 0.261 e. The van der Waals surface area contributed by atoms with Gasteiger partial charge in [0, 0.05) is 24.5 Å². The lowest BCUT2D eigenvalue weighted by atomic mass is 10.0. The summed E-state index contributed by atoms with van der Waals surface area (Å²) in [5.74, 6) is 0. The highest BCUT2D eigenvalue weighted by Gasteiger charge is 2.17. The highest BCUT2D eigenvalue weighted by atomic mass is 16.1. The number of aromatic amines is 1. The Balaban J connectivity index is 1.70. The van der Waals surface area contributed by atoms with Gasteiger partial charge in [0.1, 0.15) is 5.56 Å². The number of para-hydroxylation sites is 1. The molecule has 1 aliphatic rings. The Labute approximate surface area is 142 Å². The zero-order valence-corrected chi connectivity index (χ0v) is 14.2. The number of pyridine rings is 1. The molecule has 0 bridgehead atoms. The van der Waals surface area contributed by atoms with Crippen molar-refractivity contribution >= 4 is 22.9 Å². The molecule has 0 radical (unpaired) electrons. The van der Waals surface area contributed by atoms with Crippen LogP contribution in [-0.2, 0) is 0 Å². The van der Waals surface area contributed by atoms with Crippen LogP contribution in [0.1, 0.15) is 43.0 Å². The third kappa shape index (κ3) is 3.51. The minimum atomic E-state index is -0.337. The summed E-state index contributed by atoms with van der Waals surface area (Å²) in [7, 11) is 0. The van der Waals surface area contributed by atoms with E-state index < -0.39 is 0 Å². The van der Waals surface area contributed by atoms with Crippen molar-refractivity contribution in [3.8, 4) is 0 Å². The number of hydrogen-bond acceptors (Lipinski definition) is 4. The van der Waals surface area contributed by atoms with Crippen molar-refractivity contribution in [1.82, 2.24) is 9.88 Å². The first-order valence-electron chi connectivity index (χ1n) is 8.79. The fourth-order valence-electron chi connectivity index (χ4n) is 3.55. The van der Waals surface area contributed by atoms with Crippen molar-refractivity contribution in [3.63, 3.8) is 0 Å². The van der Waals surface area contributed by atoms with E-state index in [4.69, 9.17) is 0 Å². The first-order valence-corrected chi connectivity index (χ1v) is 8.79. The molecule has 2 heterocycles. The van der Waals surface area contributed by atoms with E-state index in [0.717, 1.165) is 30.4 Å². The van der Waals surface area contributed by atoms with E-state index >= 15 is 0 Å². The number of aromatic nitrogens is 1. The molecule has 5 nitrogen and oxygen atoms in total. The topological polar surface area (TPSA) is 65.2 Å². The Morgan fingerprint density at radius 1 is 1.33 bits per heavy atom. The molecule has 2 aromatic rings. The molecule has 1 fully saturated rings. The van der Waals surface area contributed by atoms with Gasteiger partial charge in [0.2, 0.25) is 0 Å². The minimum Gasteiger partial charge on any atom is -0.384 e. The summed E-state index contributed by atoms with van der Waals surface area (Å²) >= 11 is 0. The molecule has 1 atom stereocenters. The van der Waals surface area contributed by atoms with Crippen molar-refractivity contribution in [2.75, 3.05) is 25.0 Å². The molecular formula is C19H25N3O2. The van der Waals surface area contributed by atoms with E-state index in [2.05, 4.69) is 22.1 Å². The minimum absolute atomic E-state index is 0.181. The molecule has 1 aromatic heterocycles. The van der Waals surface area contributed by atoms with Crippen LogP contribution in [0.3, 0.4) is 0 Å². The normalized spacial score (nSPS) is 18.6. The zero-order chi connectivity index (χ0) is 16.9. The highest BCUT2D eigenvalue weighted by molar-refractivity contribution is 5.99. The molecule has 1 aromatic carbocycles. The summed E-state index contributed by atoms with van der Waals surface area (Å²) in [4.78, 5) is 28.7. The summed E-state index contributed by atoms with van der Waals surface area (Å²) in [6.07, 6.45) is 5.52. The Bertz CT molecular complexity index is 769. The maximum atomic E-state index is 12.1. The average Bonchev–Trinajstić information content (AvgIpc) is 2.59. The van der Waals surface area contributed by atoms with E-state index in [0.29, 0.717) is 18.0 Å². The number of H-pyrrole nitrogens is 1. The number of hydrogen-bond donors (Lipinski definition) is 2. The first-order chi connectivity index (χ1) is 11.7. The summed E-state index contributed by atoms with van der Waals surface area (Å²) < 4.78 is 0. The van der Waals surface area contributed by atoms with Crippen molar-refractivity contribution in [2.45, 2.75) is 38.6 Å². The summed E-state index contributed by atoms with van der Waals surface area (Å²) in [6, 6.07) is 8.22. The average molecular weight is 327 g/mol. The Morgan fingerprint density at radius 2 is 2.17 bits per heavy atom. The molecule has 1 aliphatic heterocycles. The van der Waals surface area contributed by atoms with Crippen LogP contribution in [0.2, 0.25) is 0 Å². The van der Waals surface area contributed by atoms with E-state index in [-0.39, 0.29) is 11.1 Å². The van der Waals surface area contributed by atoms with Gasteiger partial charge in [0.25, 0.3) is 5.56 Å². The molecule has 0 amide bonds. The second-order valence-electron chi connectivity index (χ2n) is 6.57. The predicted molar refractivity (Wildman–Crippen MR) is 97.9 cm³/mol. The van der Waals surface area contributed by atoms with Gasteiger partial charge >= 0.3 is 0 Å². The summed E-state index contributed by atoms with van der Waals surface area (Å²) in [6.45, 7) is 5.26. The van der Waals surface area contributed by atoms with Crippen LogP contribution in [-0.4, -0.2) is 41.8 Å². The lowest BCUT2D eigenvalue weighted by Crippen LogP contribution is -2.38. The molecule has 3 rings (SSSR count). The lowest BCUT2D eigenvalue weighted by Gasteiger charge is -2.33. The van der Waals surface area contributed by atoms with Gasteiger partial charge in [-0.2, -0.15) is 0 Å². The number of piperidine rings is 1. The van der Waals surface area contributed by atoms with Crippen molar-refractivity contribution in [2.24, 2.45) is 0 Å².